The zero-order valence-electron chi connectivity index (χ0n) is 8.53. The van der Waals surface area contributed by atoms with E-state index in [2.05, 4.69) is 42.2 Å². The van der Waals surface area contributed by atoms with Gasteiger partial charge in [0.05, 0.1) is 5.52 Å². The predicted octanol–water partition coefficient (Wildman–Crippen LogP) is 3.58. The minimum Gasteiger partial charge on any atom is -0.253 e. The number of aryl methyl sites for hydroxylation is 1. The van der Waals surface area contributed by atoms with Crippen molar-refractivity contribution in [1.82, 2.24) is 4.98 Å². The molecule has 0 amide bonds. The van der Waals surface area contributed by atoms with Gasteiger partial charge in [-0.2, -0.15) is 0 Å². The molecule has 2 aromatic rings. The molecule has 0 saturated carbocycles. The Kier molecular flexibility index (Phi) is 2.78. The molecule has 14 heavy (non-hydrogen) atoms. The summed E-state index contributed by atoms with van der Waals surface area (Å²) in [5.41, 5.74) is 2.33. The molecule has 1 heteroatoms. The summed E-state index contributed by atoms with van der Waals surface area (Å²) in [6, 6.07) is 12.6. The Hall–Kier alpha value is -1.37. The third-order valence-electron chi connectivity index (χ3n) is 2.44. The first-order chi connectivity index (χ1) is 6.90. The van der Waals surface area contributed by atoms with Gasteiger partial charge in [-0.25, -0.2) is 0 Å². The zero-order chi connectivity index (χ0) is 9.80. The Bertz CT molecular complexity index is 420. The number of hydrogen-bond acceptors (Lipinski definition) is 1. The zero-order valence-corrected chi connectivity index (χ0v) is 8.53. The molecule has 72 valence electrons. The predicted molar refractivity (Wildman–Crippen MR) is 60.4 cm³/mol. The van der Waals surface area contributed by atoms with Crippen LogP contribution in [0.4, 0.5) is 0 Å². The van der Waals surface area contributed by atoms with Crippen LogP contribution in [0.2, 0.25) is 0 Å². The summed E-state index contributed by atoms with van der Waals surface area (Å²) < 4.78 is 0. The lowest BCUT2D eigenvalue weighted by Crippen LogP contribution is -1.89. The Morgan fingerprint density at radius 1 is 1.07 bits per heavy atom. The van der Waals surface area contributed by atoms with Gasteiger partial charge in [0.1, 0.15) is 0 Å². The van der Waals surface area contributed by atoms with Gasteiger partial charge >= 0.3 is 0 Å². The summed E-state index contributed by atoms with van der Waals surface area (Å²) in [6.07, 6.45) is 3.56. The van der Waals surface area contributed by atoms with E-state index in [0.29, 0.717) is 0 Å². The van der Waals surface area contributed by atoms with Crippen molar-refractivity contribution in [3.8, 4) is 0 Å². The maximum Gasteiger partial charge on any atom is 0.0705 e. The number of hydrogen-bond donors (Lipinski definition) is 0. The highest BCUT2D eigenvalue weighted by molar-refractivity contribution is 5.78. The average molecular weight is 185 g/mol. The summed E-state index contributed by atoms with van der Waals surface area (Å²) in [5.74, 6) is 0. The fourth-order valence-electron chi connectivity index (χ4n) is 1.61. The quantitative estimate of drug-likeness (QED) is 0.712. The number of pyridine rings is 1. The van der Waals surface area contributed by atoms with Crippen molar-refractivity contribution < 1.29 is 0 Å². The second kappa shape index (κ2) is 4.23. The Morgan fingerprint density at radius 3 is 2.79 bits per heavy atom. The van der Waals surface area contributed by atoms with Gasteiger partial charge in [-0.15, -0.1) is 0 Å². The summed E-state index contributed by atoms with van der Waals surface area (Å²) in [5, 5.41) is 1.23. The number of unbranched alkanes of at least 4 members (excludes halogenated alkanes) is 1. The Balaban J connectivity index is 2.32. The largest absolute Gasteiger partial charge is 0.253 e. The van der Waals surface area contributed by atoms with Gasteiger partial charge in [-0.1, -0.05) is 37.6 Å². The van der Waals surface area contributed by atoms with Crippen molar-refractivity contribution in [1.29, 1.82) is 0 Å². The van der Waals surface area contributed by atoms with Crippen molar-refractivity contribution in [2.45, 2.75) is 26.2 Å². The number of rotatable bonds is 3. The van der Waals surface area contributed by atoms with Crippen LogP contribution in [0.25, 0.3) is 10.9 Å². The van der Waals surface area contributed by atoms with Crippen molar-refractivity contribution >= 4 is 10.9 Å². The fraction of sp³-hybridized carbons (Fsp3) is 0.308. The summed E-state index contributed by atoms with van der Waals surface area (Å²) in [7, 11) is 0. The molecule has 1 heterocycles. The van der Waals surface area contributed by atoms with Crippen molar-refractivity contribution in [3.63, 3.8) is 0 Å². The second-order valence-corrected chi connectivity index (χ2v) is 3.60. The molecule has 1 aromatic carbocycles. The summed E-state index contributed by atoms with van der Waals surface area (Å²) >= 11 is 0. The maximum atomic E-state index is 4.61. The van der Waals surface area contributed by atoms with Crippen LogP contribution in [0.1, 0.15) is 25.5 Å². The Labute approximate surface area is 84.8 Å². The Morgan fingerprint density at radius 2 is 1.93 bits per heavy atom. The van der Waals surface area contributed by atoms with Crippen molar-refractivity contribution in [2.24, 2.45) is 0 Å². The average Bonchev–Trinajstić information content (AvgIpc) is 2.26. The summed E-state index contributed by atoms with van der Waals surface area (Å²) in [6.45, 7) is 2.21. The van der Waals surface area contributed by atoms with Gasteiger partial charge in [0.25, 0.3) is 0 Å². The molecule has 0 bridgehead atoms. The number of nitrogens with zero attached hydrogens (tertiary/aromatic N) is 1. The van der Waals surface area contributed by atoms with Gasteiger partial charge in [0, 0.05) is 11.1 Å². The normalized spacial score (nSPS) is 10.6. The van der Waals surface area contributed by atoms with E-state index in [4.69, 9.17) is 0 Å². The SMILES string of the molecule is CCCCc1ccc2ccccc2n1. The molecule has 0 N–H and O–H groups in total. The third-order valence-corrected chi connectivity index (χ3v) is 2.44. The molecule has 2 rings (SSSR count). The van der Waals surface area contributed by atoms with E-state index in [1.807, 2.05) is 6.07 Å². The van der Waals surface area contributed by atoms with E-state index in [0.717, 1.165) is 11.9 Å². The molecule has 0 saturated heterocycles. The van der Waals surface area contributed by atoms with Gasteiger partial charge in [-0.3, -0.25) is 4.98 Å². The molecule has 0 unspecified atom stereocenters. The van der Waals surface area contributed by atoms with Crippen LogP contribution in [0, 0.1) is 0 Å². The minimum absolute atomic E-state index is 1.10. The molecule has 0 aliphatic heterocycles. The molecule has 0 atom stereocenters. The lowest BCUT2D eigenvalue weighted by Gasteiger charge is -2.01. The van der Waals surface area contributed by atoms with Crippen LogP contribution in [0.15, 0.2) is 36.4 Å². The lowest BCUT2D eigenvalue weighted by atomic mass is 10.1. The van der Waals surface area contributed by atoms with E-state index in [1.165, 1.54) is 23.9 Å². The van der Waals surface area contributed by atoms with Crippen LogP contribution < -0.4 is 0 Å². The molecule has 0 radical (unpaired) electrons. The smallest absolute Gasteiger partial charge is 0.0705 e. The lowest BCUT2D eigenvalue weighted by molar-refractivity contribution is 0.780. The fourth-order valence-corrected chi connectivity index (χ4v) is 1.61. The monoisotopic (exact) mass is 185 g/mol. The molecule has 1 aromatic heterocycles. The first-order valence-electron chi connectivity index (χ1n) is 5.25. The first-order valence-corrected chi connectivity index (χ1v) is 5.25. The molecule has 0 spiro atoms. The van der Waals surface area contributed by atoms with E-state index < -0.39 is 0 Å². The van der Waals surface area contributed by atoms with Crippen LogP contribution in [-0.2, 0) is 6.42 Å². The molecular formula is C13H15N. The number of aromatic nitrogens is 1. The van der Waals surface area contributed by atoms with Crippen molar-refractivity contribution in [3.05, 3.63) is 42.1 Å². The van der Waals surface area contributed by atoms with E-state index in [1.54, 1.807) is 0 Å². The highest BCUT2D eigenvalue weighted by Gasteiger charge is 1.96. The van der Waals surface area contributed by atoms with E-state index in [-0.39, 0.29) is 0 Å². The van der Waals surface area contributed by atoms with Crippen LogP contribution in [0.3, 0.4) is 0 Å². The number of para-hydroxylation sites is 1. The highest BCUT2D eigenvalue weighted by Crippen LogP contribution is 2.12. The van der Waals surface area contributed by atoms with Crippen LogP contribution >= 0.6 is 0 Å². The first kappa shape index (κ1) is 9.20. The van der Waals surface area contributed by atoms with Crippen molar-refractivity contribution in [2.75, 3.05) is 0 Å². The van der Waals surface area contributed by atoms with Crippen LogP contribution in [0.5, 0.6) is 0 Å². The van der Waals surface area contributed by atoms with Gasteiger partial charge in [0.15, 0.2) is 0 Å². The van der Waals surface area contributed by atoms with Gasteiger partial charge in [0.2, 0.25) is 0 Å². The standard InChI is InChI=1S/C13H15N/c1-2-3-7-12-10-9-11-6-4-5-8-13(11)14-12/h4-6,8-10H,2-3,7H2,1H3. The number of fused-ring (bicyclic) bond motifs is 1. The highest BCUT2D eigenvalue weighted by atomic mass is 14.7. The topological polar surface area (TPSA) is 12.9 Å². The van der Waals surface area contributed by atoms with E-state index in [9.17, 15) is 0 Å². The summed E-state index contributed by atoms with van der Waals surface area (Å²) in [4.78, 5) is 4.61. The second-order valence-electron chi connectivity index (χ2n) is 3.60. The maximum absolute atomic E-state index is 4.61. The minimum atomic E-state index is 1.10. The van der Waals surface area contributed by atoms with Gasteiger partial charge in [-0.05, 0) is 25.0 Å². The molecule has 0 aliphatic carbocycles. The third kappa shape index (κ3) is 1.92. The van der Waals surface area contributed by atoms with E-state index >= 15 is 0 Å². The molecule has 1 nitrogen and oxygen atoms in total. The van der Waals surface area contributed by atoms with Gasteiger partial charge < -0.3 is 0 Å². The number of benzene rings is 1. The molecular weight excluding hydrogens is 170 g/mol. The molecule has 0 fully saturated rings. The molecule has 0 aliphatic rings. The van der Waals surface area contributed by atoms with Crippen LogP contribution in [-0.4, -0.2) is 4.98 Å².